The van der Waals surface area contributed by atoms with Gasteiger partial charge in [0.1, 0.15) is 0 Å². The van der Waals surface area contributed by atoms with Crippen molar-refractivity contribution in [1.29, 1.82) is 0 Å². The van der Waals surface area contributed by atoms with Crippen molar-refractivity contribution in [2.45, 2.75) is 51.5 Å². The first-order valence-electron chi connectivity index (χ1n) is 7.96. The normalized spacial score (nSPS) is 26.3. The van der Waals surface area contributed by atoms with E-state index in [1.807, 2.05) is 0 Å². The average Bonchev–Trinajstić information content (AvgIpc) is 2.46. The van der Waals surface area contributed by atoms with Crippen molar-refractivity contribution in [3.05, 3.63) is 0 Å². The maximum Gasteiger partial charge on any atom is 0.0191 e. The lowest BCUT2D eigenvalue weighted by atomic mass is 9.87. The second kappa shape index (κ2) is 7.46. The summed E-state index contributed by atoms with van der Waals surface area (Å²) >= 11 is 0. The first-order valence-corrected chi connectivity index (χ1v) is 7.96. The molecule has 0 aromatic carbocycles. The fraction of sp³-hybridized carbons (Fsp3) is 1.00. The maximum absolute atomic E-state index is 5.74. The summed E-state index contributed by atoms with van der Waals surface area (Å²) in [7, 11) is 0. The number of hydrogen-bond acceptors (Lipinski definition) is 3. The zero-order valence-corrected chi connectivity index (χ0v) is 12.1. The summed E-state index contributed by atoms with van der Waals surface area (Å²) in [4.78, 5) is 5.20. The van der Waals surface area contributed by atoms with Gasteiger partial charge in [0.2, 0.25) is 0 Å². The molecule has 106 valence electrons. The van der Waals surface area contributed by atoms with Crippen LogP contribution in [-0.4, -0.2) is 55.1 Å². The highest BCUT2D eigenvalue weighted by molar-refractivity contribution is 4.77. The summed E-state index contributed by atoms with van der Waals surface area (Å²) in [6.07, 6.45) is 8.85. The van der Waals surface area contributed by atoms with Crippen LogP contribution < -0.4 is 5.73 Å². The Labute approximate surface area is 113 Å². The first-order chi connectivity index (χ1) is 8.79. The Kier molecular flexibility index (Phi) is 5.93. The van der Waals surface area contributed by atoms with Crippen molar-refractivity contribution >= 4 is 0 Å². The van der Waals surface area contributed by atoms with E-state index in [9.17, 15) is 0 Å². The van der Waals surface area contributed by atoms with E-state index in [1.165, 1.54) is 71.2 Å². The van der Waals surface area contributed by atoms with Crippen molar-refractivity contribution in [3.63, 3.8) is 0 Å². The van der Waals surface area contributed by atoms with Gasteiger partial charge in [-0.15, -0.1) is 0 Å². The van der Waals surface area contributed by atoms with Gasteiger partial charge >= 0.3 is 0 Å². The third kappa shape index (κ3) is 4.22. The van der Waals surface area contributed by atoms with Gasteiger partial charge in [-0.25, -0.2) is 0 Å². The predicted molar refractivity (Wildman–Crippen MR) is 77.7 cm³/mol. The van der Waals surface area contributed by atoms with Gasteiger partial charge in [-0.1, -0.05) is 32.1 Å². The van der Waals surface area contributed by atoms with Crippen molar-refractivity contribution in [2.75, 3.05) is 39.3 Å². The van der Waals surface area contributed by atoms with Gasteiger partial charge in [0.05, 0.1) is 0 Å². The summed E-state index contributed by atoms with van der Waals surface area (Å²) in [5.74, 6) is 1.03. The van der Waals surface area contributed by atoms with Crippen LogP contribution in [0, 0.1) is 5.92 Å². The van der Waals surface area contributed by atoms with Crippen molar-refractivity contribution in [3.8, 4) is 0 Å². The Hall–Kier alpha value is -0.120. The third-order valence-electron chi connectivity index (χ3n) is 4.95. The third-order valence-corrected chi connectivity index (χ3v) is 4.95. The van der Waals surface area contributed by atoms with Crippen molar-refractivity contribution in [2.24, 2.45) is 11.7 Å². The van der Waals surface area contributed by atoms with Crippen LogP contribution in [0.2, 0.25) is 0 Å². The Morgan fingerprint density at radius 3 is 2.33 bits per heavy atom. The molecule has 1 unspecified atom stereocenters. The summed E-state index contributed by atoms with van der Waals surface area (Å²) in [5, 5.41) is 0. The molecule has 0 amide bonds. The van der Waals surface area contributed by atoms with Crippen LogP contribution >= 0.6 is 0 Å². The molecule has 1 saturated carbocycles. The minimum atomic E-state index is 0.561. The van der Waals surface area contributed by atoms with Gasteiger partial charge < -0.3 is 10.6 Å². The smallest absolute Gasteiger partial charge is 0.0191 e. The minimum absolute atomic E-state index is 0.561. The monoisotopic (exact) mass is 253 g/mol. The molecular formula is C15H31N3. The lowest BCUT2D eigenvalue weighted by Crippen LogP contribution is -2.51. The second-order valence-corrected chi connectivity index (χ2v) is 6.26. The average molecular weight is 253 g/mol. The molecule has 0 bridgehead atoms. The first kappa shape index (κ1) is 14.3. The molecule has 2 aliphatic rings. The van der Waals surface area contributed by atoms with E-state index in [2.05, 4.69) is 16.7 Å². The van der Waals surface area contributed by atoms with Gasteiger partial charge in [0.25, 0.3) is 0 Å². The highest BCUT2D eigenvalue weighted by Gasteiger charge is 2.21. The lowest BCUT2D eigenvalue weighted by Gasteiger charge is -2.38. The topological polar surface area (TPSA) is 32.5 Å². The summed E-state index contributed by atoms with van der Waals surface area (Å²) < 4.78 is 0. The molecule has 0 aromatic heterocycles. The van der Waals surface area contributed by atoms with E-state index in [1.54, 1.807) is 0 Å². The van der Waals surface area contributed by atoms with E-state index in [0.717, 1.165) is 12.5 Å². The van der Waals surface area contributed by atoms with E-state index in [0.29, 0.717) is 6.04 Å². The van der Waals surface area contributed by atoms with Crippen LogP contribution in [0.4, 0.5) is 0 Å². The molecule has 2 fully saturated rings. The Morgan fingerprint density at radius 2 is 1.72 bits per heavy atom. The van der Waals surface area contributed by atoms with Gasteiger partial charge in [-0.05, 0) is 25.8 Å². The molecule has 0 radical (unpaired) electrons. The molecule has 1 atom stereocenters. The van der Waals surface area contributed by atoms with Crippen LogP contribution in [-0.2, 0) is 0 Å². The van der Waals surface area contributed by atoms with Crippen LogP contribution in [0.15, 0.2) is 0 Å². The van der Waals surface area contributed by atoms with E-state index >= 15 is 0 Å². The summed E-state index contributed by atoms with van der Waals surface area (Å²) in [6, 6.07) is 0.561. The van der Waals surface area contributed by atoms with Gasteiger partial charge in [-0.2, -0.15) is 0 Å². The molecule has 18 heavy (non-hydrogen) atoms. The fourth-order valence-corrected chi connectivity index (χ4v) is 3.42. The van der Waals surface area contributed by atoms with Gasteiger partial charge in [0, 0.05) is 38.8 Å². The predicted octanol–water partition coefficient (Wildman–Crippen LogP) is 1.92. The zero-order valence-electron chi connectivity index (χ0n) is 12.1. The molecule has 3 heteroatoms. The van der Waals surface area contributed by atoms with Gasteiger partial charge in [0.15, 0.2) is 0 Å². The molecule has 0 spiro atoms. The number of hydrogen-bond donors (Lipinski definition) is 1. The zero-order chi connectivity index (χ0) is 12.8. The maximum atomic E-state index is 5.74. The standard InChI is InChI=1S/C15H31N3/c1-14(13-16)18-11-9-17(10-12-18)8-7-15-5-3-2-4-6-15/h14-15H,2-13,16H2,1H3. The Bertz CT molecular complexity index is 218. The highest BCUT2D eigenvalue weighted by Crippen LogP contribution is 2.26. The van der Waals surface area contributed by atoms with Crippen molar-refractivity contribution in [1.82, 2.24) is 9.80 Å². The molecular weight excluding hydrogens is 222 g/mol. The fourth-order valence-electron chi connectivity index (χ4n) is 3.42. The van der Waals surface area contributed by atoms with Crippen LogP contribution in [0.1, 0.15) is 45.4 Å². The summed E-state index contributed by atoms with van der Waals surface area (Å²) in [6.45, 7) is 9.29. The molecule has 1 saturated heterocycles. The SMILES string of the molecule is CC(CN)N1CCN(CCC2CCCCC2)CC1. The number of rotatable bonds is 5. The minimum Gasteiger partial charge on any atom is -0.329 e. The summed E-state index contributed by atoms with van der Waals surface area (Å²) in [5.41, 5.74) is 5.74. The lowest BCUT2D eigenvalue weighted by molar-refractivity contribution is 0.0988. The van der Waals surface area contributed by atoms with Crippen molar-refractivity contribution < 1.29 is 0 Å². The molecule has 2 N–H and O–H groups in total. The number of piperazine rings is 1. The molecule has 2 rings (SSSR count). The van der Waals surface area contributed by atoms with Crippen LogP contribution in [0.3, 0.4) is 0 Å². The molecule has 0 aromatic rings. The molecule has 1 aliphatic heterocycles. The molecule has 1 aliphatic carbocycles. The second-order valence-electron chi connectivity index (χ2n) is 6.26. The molecule has 1 heterocycles. The largest absolute Gasteiger partial charge is 0.329 e. The van der Waals surface area contributed by atoms with Gasteiger partial charge in [-0.3, -0.25) is 4.90 Å². The van der Waals surface area contributed by atoms with E-state index in [-0.39, 0.29) is 0 Å². The van der Waals surface area contributed by atoms with Crippen LogP contribution in [0.5, 0.6) is 0 Å². The Morgan fingerprint density at radius 1 is 1.06 bits per heavy atom. The quantitative estimate of drug-likeness (QED) is 0.812. The van der Waals surface area contributed by atoms with E-state index < -0.39 is 0 Å². The van der Waals surface area contributed by atoms with Crippen LogP contribution in [0.25, 0.3) is 0 Å². The molecule has 3 nitrogen and oxygen atoms in total. The highest BCUT2D eigenvalue weighted by atomic mass is 15.3. The number of nitrogens with zero attached hydrogens (tertiary/aromatic N) is 2. The van der Waals surface area contributed by atoms with E-state index in [4.69, 9.17) is 5.73 Å². The number of nitrogens with two attached hydrogens (primary N) is 1. The Balaban J connectivity index is 1.61.